The first-order valence-corrected chi connectivity index (χ1v) is 9.74. The number of ether oxygens (including phenoxy) is 1. The van der Waals surface area contributed by atoms with Gasteiger partial charge in [-0.05, 0) is 38.0 Å². The zero-order chi connectivity index (χ0) is 19.2. The Morgan fingerprint density at radius 1 is 1.30 bits per heavy atom. The topological polar surface area (TPSA) is 72.7 Å². The molecule has 1 N–H and O–H groups in total. The maximum atomic E-state index is 12.3. The molecule has 0 saturated heterocycles. The van der Waals surface area contributed by atoms with E-state index in [-0.39, 0.29) is 11.9 Å². The Labute approximate surface area is 163 Å². The molecular weight excluding hydrogens is 366 g/mol. The maximum Gasteiger partial charge on any atom is 0.331 e. The summed E-state index contributed by atoms with van der Waals surface area (Å²) in [6.45, 7) is 1.58. The van der Waals surface area contributed by atoms with E-state index >= 15 is 0 Å². The van der Waals surface area contributed by atoms with Crippen LogP contribution in [-0.2, 0) is 14.3 Å². The van der Waals surface area contributed by atoms with Gasteiger partial charge in [-0.2, -0.15) is 0 Å². The van der Waals surface area contributed by atoms with Gasteiger partial charge in [0.25, 0.3) is 5.91 Å². The molecule has 1 amide bonds. The van der Waals surface area contributed by atoms with Gasteiger partial charge in [-0.3, -0.25) is 9.20 Å². The maximum absolute atomic E-state index is 12.3. The molecule has 6 nitrogen and oxygen atoms in total. The van der Waals surface area contributed by atoms with E-state index in [2.05, 4.69) is 10.3 Å². The molecule has 1 aliphatic rings. The number of fused-ring (bicyclic) bond motifs is 1. The molecular formula is C20H24ClN3O3. The Hall–Kier alpha value is -2.34. The van der Waals surface area contributed by atoms with Crippen LogP contribution in [0.25, 0.3) is 11.7 Å². The monoisotopic (exact) mass is 389 g/mol. The third kappa shape index (κ3) is 5.10. The van der Waals surface area contributed by atoms with E-state index in [0.717, 1.165) is 25.7 Å². The number of aromatic nitrogens is 2. The molecule has 2 aromatic rings. The van der Waals surface area contributed by atoms with E-state index in [1.807, 2.05) is 24.4 Å². The summed E-state index contributed by atoms with van der Waals surface area (Å²) in [4.78, 5) is 28.6. The summed E-state index contributed by atoms with van der Waals surface area (Å²) >= 11 is 6.13. The van der Waals surface area contributed by atoms with Gasteiger partial charge in [0.05, 0.1) is 5.69 Å². The van der Waals surface area contributed by atoms with E-state index in [4.69, 9.17) is 16.3 Å². The minimum absolute atomic E-state index is 0.175. The zero-order valence-corrected chi connectivity index (χ0v) is 16.1. The van der Waals surface area contributed by atoms with Crippen LogP contribution >= 0.6 is 11.6 Å². The van der Waals surface area contributed by atoms with Crippen molar-refractivity contribution in [1.82, 2.24) is 14.7 Å². The van der Waals surface area contributed by atoms with Gasteiger partial charge < -0.3 is 10.1 Å². The number of carbonyl (C=O) groups excluding carboxylic acids is 2. The van der Waals surface area contributed by atoms with Gasteiger partial charge in [-0.1, -0.05) is 43.4 Å². The lowest BCUT2D eigenvalue weighted by molar-refractivity contribution is -0.150. The molecule has 1 fully saturated rings. The highest BCUT2D eigenvalue weighted by Gasteiger charge is 2.21. The molecule has 0 aromatic carbocycles. The summed E-state index contributed by atoms with van der Waals surface area (Å²) in [6, 6.07) is 5.70. The van der Waals surface area contributed by atoms with E-state index in [9.17, 15) is 9.59 Å². The standard InChI is InChI=1S/C20H24ClN3O3/c1-14(20(26)22-15-8-4-2-3-5-9-15)27-18(25)12-11-16-19(21)23-17-10-6-7-13-24(16)17/h6-7,10-15H,2-5,8-9H2,1H3,(H,22,26)/b12-11+/t14-/m0/s1. The largest absolute Gasteiger partial charge is 0.449 e. The summed E-state index contributed by atoms with van der Waals surface area (Å²) in [5.74, 6) is -0.850. The second-order valence-electron chi connectivity index (χ2n) is 6.83. The number of halogens is 1. The highest BCUT2D eigenvalue weighted by atomic mass is 35.5. The number of nitrogens with zero attached hydrogens (tertiary/aromatic N) is 2. The highest BCUT2D eigenvalue weighted by Crippen LogP contribution is 2.19. The summed E-state index contributed by atoms with van der Waals surface area (Å²) in [5.41, 5.74) is 1.27. The highest BCUT2D eigenvalue weighted by molar-refractivity contribution is 6.31. The normalized spacial score (nSPS) is 17.0. The number of pyridine rings is 1. The molecule has 27 heavy (non-hydrogen) atoms. The number of hydrogen-bond donors (Lipinski definition) is 1. The molecule has 1 atom stereocenters. The first kappa shape index (κ1) is 19.4. The number of carbonyl (C=O) groups is 2. The molecule has 2 aromatic heterocycles. The third-order valence-electron chi connectivity index (χ3n) is 4.76. The fraction of sp³-hybridized carbons (Fsp3) is 0.450. The first-order chi connectivity index (χ1) is 13.0. The SMILES string of the molecule is C[C@H](OC(=O)/C=C/c1c(Cl)nc2ccccn12)C(=O)NC1CCCCCC1. The summed E-state index contributed by atoms with van der Waals surface area (Å²) < 4.78 is 7.00. The van der Waals surface area contributed by atoms with E-state index in [0.29, 0.717) is 16.5 Å². The number of rotatable bonds is 5. The predicted octanol–water partition coefficient (Wildman–Crippen LogP) is 3.77. The Morgan fingerprint density at radius 2 is 2.04 bits per heavy atom. The minimum Gasteiger partial charge on any atom is -0.449 e. The smallest absolute Gasteiger partial charge is 0.331 e. The molecule has 7 heteroatoms. The Kier molecular flexibility index (Phi) is 6.50. The molecule has 1 saturated carbocycles. The molecule has 0 aliphatic heterocycles. The van der Waals surface area contributed by atoms with Crippen LogP contribution < -0.4 is 5.32 Å². The van der Waals surface area contributed by atoms with Gasteiger partial charge in [0, 0.05) is 18.3 Å². The lowest BCUT2D eigenvalue weighted by Gasteiger charge is -2.19. The fourth-order valence-electron chi connectivity index (χ4n) is 3.29. The van der Waals surface area contributed by atoms with Crippen LogP contribution in [0.5, 0.6) is 0 Å². The molecule has 0 radical (unpaired) electrons. The molecule has 3 rings (SSSR count). The van der Waals surface area contributed by atoms with Crippen molar-refractivity contribution in [2.75, 3.05) is 0 Å². The average molecular weight is 390 g/mol. The van der Waals surface area contributed by atoms with Crippen molar-refractivity contribution in [3.8, 4) is 0 Å². The summed E-state index contributed by atoms with van der Waals surface area (Å²) in [5, 5.41) is 3.29. The molecule has 2 heterocycles. The van der Waals surface area contributed by atoms with Crippen LogP contribution in [0.2, 0.25) is 5.15 Å². The quantitative estimate of drug-likeness (QED) is 0.480. The minimum atomic E-state index is -0.844. The second kappa shape index (κ2) is 9.04. The number of amides is 1. The third-order valence-corrected chi connectivity index (χ3v) is 5.04. The van der Waals surface area contributed by atoms with Crippen LogP contribution in [0.3, 0.4) is 0 Å². The van der Waals surface area contributed by atoms with E-state index in [1.165, 1.54) is 18.9 Å². The lowest BCUT2D eigenvalue weighted by atomic mass is 10.1. The Morgan fingerprint density at radius 3 is 2.78 bits per heavy atom. The van der Waals surface area contributed by atoms with Gasteiger partial charge in [0.15, 0.2) is 11.3 Å². The molecule has 144 valence electrons. The van der Waals surface area contributed by atoms with Gasteiger partial charge in [0.2, 0.25) is 0 Å². The van der Waals surface area contributed by atoms with Gasteiger partial charge >= 0.3 is 5.97 Å². The van der Waals surface area contributed by atoms with Crippen LogP contribution in [0.4, 0.5) is 0 Å². The van der Waals surface area contributed by atoms with Crippen molar-refractivity contribution in [3.05, 3.63) is 41.3 Å². The molecule has 0 unspecified atom stereocenters. The van der Waals surface area contributed by atoms with Crippen molar-refractivity contribution in [3.63, 3.8) is 0 Å². The summed E-state index contributed by atoms with van der Waals surface area (Å²) in [6.07, 6.45) is 10.4. The van der Waals surface area contributed by atoms with Crippen molar-refractivity contribution in [1.29, 1.82) is 0 Å². The van der Waals surface area contributed by atoms with Crippen LogP contribution in [0.15, 0.2) is 30.5 Å². The van der Waals surface area contributed by atoms with Crippen molar-refractivity contribution in [2.24, 2.45) is 0 Å². The number of hydrogen-bond acceptors (Lipinski definition) is 4. The molecule has 0 bridgehead atoms. The average Bonchev–Trinajstić information content (AvgIpc) is 2.80. The van der Waals surface area contributed by atoms with Gasteiger partial charge in [-0.15, -0.1) is 0 Å². The van der Waals surface area contributed by atoms with Crippen molar-refractivity contribution in [2.45, 2.75) is 57.6 Å². The fourth-order valence-corrected chi connectivity index (χ4v) is 3.53. The van der Waals surface area contributed by atoms with Crippen LogP contribution in [0.1, 0.15) is 51.1 Å². The Balaban J connectivity index is 1.56. The second-order valence-corrected chi connectivity index (χ2v) is 7.18. The van der Waals surface area contributed by atoms with Gasteiger partial charge in [-0.25, -0.2) is 9.78 Å². The van der Waals surface area contributed by atoms with E-state index in [1.54, 1.807) is 17.4 Å². The number of esters is 1. The first-order valence-electron chi connectivity index (χ1n) is 9.36. The van der Waals surface area contributed by atoms with E-state index < -0.39 is 12.1 Å². The molecule has 1 aliphatic carbocycles. The van der Waals surface area contributed by atoms with Crippen molar-refractivity contribution >= 4 is 35.2 Å². The zero-order valence-electron chi connectivity index (χ0n) is 15.4. The van der Waals surface area contributed by atoms with Crippen LogP contribution in [-0.4, -0.2) is 33.4 Å². The number of nitrogens with one attached hydrogen (secondary N) is 1. The Bertz CT molecular complexity index is 838. The molecule has 0 spiro atoms. The predicted molar refractivity (Wildman–Crippen MR) is 104 cm³/mol. The number of imidazole rings is 1. The van der Waals surface area contributed by atoms with Crippen LogP contribution in [0, 0.1) is 0 Å². The lowest BCUT2D eigenvalue weighted by Crippen LogP contribution is -2.41. The van der Waals surface area contributed by atoms with Gasteiger partial charge in [0.1, 0.15) is 5.65 Å². The summed E-state index contributed by atoms with van der Waals surface area (Å²) in [7, 11) is 0. The van der Waals surface area contributed by atoms with Crippen molar-refractivity contribution < 1.29 is 14.3 Å².